The second-order valence-electron chi connectivity index (χ2n) is 8.02. The number of nitrogens with zero attached hydrogens (tertiary/aromatic N) is 3. The van der Waals surface area contributed by atoms with E-state index in [2.05, 4.69) is 15.6 Å². The van der Waals surface area contributed by atoms with Crippen LogP contribution in [-0.4, -0.2) is 32.6 Å². The van der Waals surface area contributed by atoms with Gasteiger partial charge in [0.25, 0.3) is 5.56 Å². The summed E-state index contributed by atoms with van der Waals surface area (Å²) in [5.41, 5.74) is 6.86. The van der Waals surface area contributed by atoms with Gasteiger partial charge in [0.05, 0.1) is 22.9 Å². The predicted octanol–water partition coefficient (Wildman–Crippen LogP) is 2.85. The maximum atomic E-state index is 13.3. The number of carbonyl (C=O) groups excluding carboxylic acids is 1. The maximum Gasteiger partial charge on any atom is 0.335 e. The second kappa shape index (κ2) is 10.7. The standard InChI is InChI=1S/C24H23ClN6O4/c1-13(2)29-22-23(33)31(12-19(32)28-11-15-5-3-14(10-26)4-6-15)20(21(25)30-22)16-7-17(24(34)35)9-18(27)8-16/h3-9,13H,11-12,27H2,1-2H3,(H,28,32)(H,29,30)(H,34,35). The summed E-state index contributed by atoms with van der Waals surface area (Å²) in [6.07, 6.45) is 0. The van der Waals surface area contributed by atoms with Crippen LogP contribution in [0.15, 0.2) is 47.3 Å². The van der Waals surface area contributed by atoms with Gasteiger partial charge < -0.3 is 21.5 Å². The van der Waals surface area contributed by atoms with Crippen LogP contribution in [0.25, 0.3) is 11.3 Å². The molecule has 1 aromatic heterocycles. The molecule has 0 spiro atoms. The highest BCUT2D eigenvalue weighted by Gasteiger charge is 2.21. The van der Waals surface area contributed by atoms with Gasteiger partial charge in [-0.3, -0.25) is 14.2 Å². The summed E-state index contributed by atoms with van der Waals surface area (Å²) in [6, 6.07) is 12.6. The van der Waals surface area contributed by atoms with E-state index in [0.29, 0.717) is 5.56 Å². The Kier molecular flexibility index (Phi) is 7.73. The molecule has 0 atom stereocenters. The first kappa shape index (κ1) is 25.3. The van der Waals surface area contributed by atoms with Gasteiger partial charge in [0.1, 0.15) is 6.54 Å². The third-order valence-electron chi connectivity index (χ3n) is 4.90. The first-order valence-corrected chi connectivity index (χ1v) is 10.9. The van der Waals surface area contributed by atoms with Gasteiger partial charge in [0, 0.05) is 23.8 Å². The van der Waals surface area contributed by atoms with Crippen molar-refractivity contribution in [2.75, 3.05) is 11.1 Å². The van der Waals surface area contributed by atoms with Crippen LogP contribution in [0.5, 0.6) is 0 Å². The number of nitriles is 1. The summed E-state index contributed by atoms with van der Waals surface area (Å²) >= 11 is 6.44. The summed E-state index contributed by atoms with van der Waals surface area (Å²) in [5.74, 6) is -1.75. The zero-order valence-electron chi connectivity index (χ0n) is 19.0. The Morgan fingerprint density at radius 2 is 1.91 bits per heavy atom. The highest BCUT2D eigenvalue weighted by molar-refractivity contribution is 6.32. The Morgan fingerprint density at radius 1 is 1.23 bits per heavy atom. The van der Waals surface area contributed by atoms with Gasteiger partial charge in [-0.1, -0.05) is 23.7 Å². The Morgan fingerprint density at radius 3 is 2.51 bits per heavy atom. The van der Waals surface area contributed by atoms with Crippen molar-refractivity contribution in [3.05, 3.63) is 74.7 Å². The lowest BCUT2D eigenvalue weighted by Crippen LogP contribution is -2.35. The summed E-state index contributed by atoms with van der Waals surface area (Å²) in [6.45, 7) is 3.39. The molecule has 3 aromatic rings. The average Bonchev–Trinajstić information content (AvgIpc) is 2.80. The minimum absolute atomic E-state index is 0.0454. The minimum atomic E-state index is -1.21. The molecule has 0 radical (unpaired) electrons. The van der Waals surface area contributed by atoms with E-state index in [9.17, 15) is 19.5 Å². The smallest absolute Gasteiger partial charge is 0.335 e. The zero-order chi connectivity index (χ0) is 25.7. The molecule has 3 rings (SSSR count). The third kappa shape index (κ3) is 6.16. The molecule has 5 N–H and O–H groups in total. The summed E-state index contributed by atoms with van der Waals surface area (Å²) in [5, 5.41) is 23.9. The quantitative estimate of drug-likeness (QED) is 0.347. The van der Waals surface area contributed by atoms with Crippen LogP contribution in [0, 0.1) is 11.3 Å². The number of nitrogens with two attached hydrogens (primary N) is 1. The van der Waals surface area contributed by atoms with Gasteiger partial charge in [0.2, 0.25) is 5.91 Å². The molecule has 0 saturated carbocycles. The number of anilines is 2. The molecule has 0 aliphatic rings. The van der Waals surface area contributed by atoms with E-state index in [1.54, 1.807) is 24.3 Å². The SMILES string of the molecule is CC(C)Nc1nc(Cl)c(-c2cc(N)cc(C(=O)O)c2)n(CC(=O)NCc2ccc(C#N)cc2)c1=O. The van der Waals surface area contributed by atoms with Crippen LogP contribution in [0.2, 0.25) is 5.15 Å². The fourth-order valence-electron chi connectivity index (χ4n) is 3.34. The van der Waals surface area contributed by atoms with Gasteiger partial charge in [-0.15, -0.1) is 0 Å². The molecule has 11 heteroatoms. The van der Waals surface area contributed by atoms with Crippen LogP contribution in [0.4, 0.5) is 11.5 Å². The van der Waals surface area contributed by atoms with Gasteiger partial charge in [0.15, 0.2) is 11.0 Å². The first-order valence-electron chi connectivity index (χ1n) is 10.6. The molecule has 0 saturated heterocycles. The van der Waals surface area contributed by atoms with Gasteiger partial charge in [-0.05, 0) is 49.7 Å². The molecule has 2 aromatic carbocycles. The van der Waals surface area contributed by atoms with Crippen LogP contribution in [0.3, 0.4) is 0 Å². The van der Waals surface area contributed by atoms with Crippen molar-refractivity contribution in [1.82, 2.24) is 14.9 Å². The number of hydrogen-bond acceptors (Lipinski definition) is 7. The number of nitrogen functional groups attached to an aromatic ring is 1. The lowest BCUT2D eigenvalue weighted by atomic mass is 10.1. The van der Waals surface area contributed by atoms with Crippen molar-refractivity contribution in [3.8, 4) is 17.3 Å². The van der Waals surface area contributed by atoms with Crippen molar-refractivity contribution >= 4 is 35.0 Å². The van der Waals surface area contributed by atoms with Crippen LogP contribution < -0.4 is 21.9 Å². The molecule has 1 heterocycles. The number of benzene rings is 2. The number of halogens is 1. The summed E-state index contributed by atoms with van der Waals surface area (Å²) < 4.78 is 1.13. The van der Waals surface area contributed by atoms with E-state index in [0.717, 1.165) is 10.1 Å². The molecule has 0 aliphatic carbocycles. The highest BCUT2D eigenvalue weighted by atomic mass is 35.5. The second-order valence-corrected chi connectivity index (χ2v) is 8.38. The number of carbonyl (C=O) groups is 2. The van der Waals surface area contributed by atoms with Crippen LogP contribution in [-0.2, 0) is 17.9 Å². The Labute approximate surface area is 206 Å². The molecule has 0 unspecified atom stereocenters. The lowest BCUT2D eigenvalue weighted by molar-refractivity contribution is -0.121. The number of hydrogen-bond donors (Lipinski definition) is 4. The fourth-order valence-corrected chi connectivity index (χ4v) is 3.64. The van der Waals surface area contributed by atoms with E-state index in [-0.39, 0.29) is 46.1 Å². The third-order valence-corrected chi connectivity index (χ3v) is 5.16. The van der Waals surface area contributed by atoms with Crippen molar-refractivity contribution in [1.29, 1.82) is 5.26 Å². The molecule has 10 nitrogen and oxygen atoms in total. The number of amides is 1. The maximum absolute atomic E-state index is 13.3. The fraction of sp³-hybridized carbons (Fsp3) is 0.208. The average molecular weight is 495 g/mol. The molecule has 180 valence electrons. The molecule has 0 bridgehead atoms. The normalized spacial score (nSPS) is 10.6. The lowest BCUT2D eigenvalue weighted by Gasteiger charge is -2.18. The molecule has 1 amide bonds. The highest BCUT2D eigenvalue weighted by Crippen LogP contribution is 2.29. The summed E-state index contributed by atoms with van der Waals surface area (Å²) in [4.78, 5) is 41.7. The molecule has 35 heavy (non-hydrogen) atoms. The number of aromatic nitrogens is 2. The molecular formula is C24H23ClN6O4. The van der Waals surface area contributed by atoms with Crippen molar-refractivity contribution in [2.45, 2.75) is 33.0 Å². The Balaban J connectivity index is 2.01. The van der Waals surface area contributed by atoms with E-state index in [1.807, 2.05) is 19.9 Å². The predicted molar refractivity (Wildman–Crippen MR) is 132 cm³/mol. The van der Waals surface area contributed by atoms with E-state index < -0.39 is 24.0 Å². The Bertz CT molecular complexity index is 1380. The van der Waals surface area contributed by atoms with Gasteiger partial charge in [-0.25, -0.2) is 9.78 Å². The van der Waals surface area contributed by atoms with Gasteiger partial charge in [-0.2, -0.15) is 5.26 Å². The van der Waals surface area contributed by atoms with E-state index in [1.165, 1.54) is 18.2 Å². The van der Waals surface area contributed by atoms with Crippen LogP contribution >= 0.6 is 11.6 Å². The minimum Gasteiger partial charge on any atom is -0.478 e. The zero-order valence-corrected chi connectivity index (χ0v) is 19.8. The van der Waals surface area contributed by atoms with E-state index in [4.69, 9.17) is 22.6 Å². The van der Waals surface area contributed by atoms with Gasteiger partial charge >= 0.3 is 5.97 Å². The monoisotopic (exact) mass is 494 g/mol. The van der Waals surface area contributed by atoms with E-state index >= 15 is 0 Å². The molecule has 0 fully saturated rings. The first-order chi connectivity index (χ1) is 16.6. The summed E-state index contributed by atoms with van der Waals surface area (Å²) in [7, 11) is 0. The topological polar surface area (TPSA) is 163 Å². The Hall–Kier alpha value is -4.36. The number of carboxylic acids is 1. The molecule has 0 aliphatic heterocycles. The number of aromatic carboxylic acids is 1. The largest absolute Gasteiger partial charge is 0.478 e. The number of nitrogens with one attached hydrogen (secondary N) is 2. The van der Waals surface area contributed by atoms with Crippen molar-refractivity contribution < 1.29 is 14.7 Å². The van der Waals surface area contributed by atoms with Crippen molar-refractivity contribution in [2.24, 2.45) is 0 Å². The number of rotatable bonds is 8. The van der Waals surface area contributed by atoms with Crippen molar-refractivity contribution in [3.63, 3.8) is 0 Å². The number of carboxylic acid groups (broad SMARTS) is 1. The molecular weight excluding hydrogens is 472 g/mol. The van der Waals surface area contributed by atoms with Crippen LogP contribution in [0.1, 0.15) is 35.3 Å².